The summed E-state index contributed by atoms with van der Waals surface area (Å²) in [4.78, 5) is 25.6. The average Bonchev–Trinajstić information content (AvgIpc) is 1.54. The van der Waals surface area contributed by atoms with Crippen molar-refractivity contribution in [2.24, 2.45) is 0 Å². The fourth-order valence-corrected chi connectivity index (χ4v) is 19.5. The summed E-state index contributed by atoms with van der Waals surface area (Å²) in [6.45, 7) is 0. The van der Waals surface area contributed by atoms with Gasteiger partial charge in [-0.2, -0.15) is 0 Å². The molecule has 12 heterocycles. The van der Waals surface area contributed by atoms with E-state index in [-0.39, 0.29) is 0 Å². The van der Waals surface area contributed by atoms with Crippen molar-refractivity contribution < 1.29 is 13.3 Å². The van der Waals surface area contributed by atoms with E-state index in [2.05, 4.69) is 280 Å². The van der Waals surface area contributed by atoms with Crippen LogP contribution in [0.25, 0.3) is 268 Å². The fraction of sp³-hybridized carbons (Fsp3) is 0. The highest BCUT2D eigenvalue weighted by atomic mass is 16.3. The molecule has 11 heteroatoms. The first kappa shape index (κ1) is 60.3. The molecule has 524 valence electrons. The Morgan fingerprint density at radius 1 is 0.193 bits per heavy atom. The molecule has 0 aliphatic rings. The monoisotopic (exact) mass is 1450 g/mol. The van der Waals surface area contributed by atoms with Crippen LogP contribution in [0.1, 0.15) is 0 Å². The number of furan rings is 3. The van der Waals surface area contributed by atoms with Gasteiger partial charge in [-0.05, 0) is 152 Å². The summed E-state index contributed by atoms with van der Waals surface area (Å²) in [6, 6.07) is 116. The molecule has 0 N–H and O–H groups in total. The predicted octanol–water partition coefficient (Wildman–Crippen LogP) is 27.4. The smallest absolute Gasteiger partial charge is 0.165 e. The van der Waals surface area contributed by atoms with E-state index in [1.165, 1.54) is 103 Å². The average molecular weight is 1450 g/mol. The summed E-state index contributed by atoms with van der Waals surface area (Å²) in [5.41, 5.74) is 26.0. The highest BCUT2D eigenvalue weighted by Gasteiger charge is 2.29. The number of fused-ring (bicyclic) bond motifs is 37. The van der Waals surface area contributed by atoms with Crippen LogP contribution in [0.5, 0.6) is 0 Å². The Morgan fingerprint density at radius 3 is 1.30 bits per heavy atom. The van der Waals surface area contributed by atoms with Gasteiger partial charge in [0, 0.05) is 91.6 Å². The molecule has 12 aromatic heterocycles. The molecule has 0 fully saturated rings. The normalized spacial score (nSPS) is 12.6. The molecule has 0 aliphatic heterocycles. The molecule has 29 aromatic rings. The van der Waals surface area contributed by atoms with Crippen molar-refractivity contribution >= 4 is 246 Å². The Kier molecular flexibility index (Phi) is 11.7. The van der Waals surface area contributed by atoms with Gasteiger partial charge < -0.3 is 13.3 Å². The van der Waals surface area contributed by atoms with E-state index >= 15 is 0 Å². The largest absolute Gasteiger partial charge is 0.454 e. The number of rotatable bonds is 2. The molecule has 0 amide bonds. The minimum absolute atomic E-state index is 0.865. The van der Waals surface area contributed by atoms with Crippen LogP contribution in [-0.4, -0.2) is 38.1 Å². The molecule has 11 nitrogen and oxygen atoms in total. The van der Waals surface area contributed by atoms with E-state index in [9.17, 15) is 0 Å². The van der Waals surface area contributed by atoms with Gasteiger partial charge in [-0.1, -0.05) is 231 Å². The van der Waals surface area contributed by atoms with E-state index in [4.69, 9.17) is 38.2 Å². The predicted molar refractivity (Wildman–Crippen MR) is 470 cm³/mol. The third kappa shape index (κ3) is 8.09. The van der Waals surface area contributed by atoms with Gasteiger partial charge in [0.25, 0.3) is 0 Å². The summed E-state index contributed by atoms with van der Waals surface area (Å²) in [6.07, 6.45) is 0. The SMILES string of the molecule is c1ccc2c(-c3ccc4oc5c(ccc6c7cccc8c9nc%10ccccc%10nc9n(c78)c65)c4c3)cccc2c1.c1ccc2c(c1)cc1c3nc4ccccc4nc3n3c4c(ccc5c6ccccc6oc54)c2c13.c1ccc2cc(-c3ccc4oc5c(ccc6c7cccc8c9cc%10ccccc%10nc9n(c87)c65)c4c3)ccc2c1. The van der Waals surface area contributed by atoms with Crippen LogP contribution in [0.3, 0.4) is 0 Å². The lowest BCUT2D eigenvalue weighted by atomic mass is 9.97. The maximum atomic E-state index is 6.68. The van der Waals surface area contributed by atoms with E-state index in [0.29, 0.717) is 0 Å². The van der Waals surface area contributed by atoms with Crippen molar-refractivity contribution in [2.45, 2.75) is 0 Å². The molecule has 17 aromatic carbocycles. The van der Waals surface area contributed by atoms with Gasteiger partial charge in [0.15, 0.2) is 28.0 Å². The van der Waals surface area contributed by atoms with Gasteiger partial charge in [-0.25, -0.2) is 24.9 Å². The Labute approximate surface area is 643 Å². The third-order valence-corrected chi connectivity index (χ3v) is 24.5. The van der Waals surface area contributed by atoms with E-state index in [1.807, 2.05) is 60.7 Å². The molecule has 114 heavy (non-hydrogen) atoms. The van der Waals surface area contributed by atoms with Gasteiger partial charge >= 0.3 is 0 Å². The Balaban J connectivity index is 0.0000000925. The zero-order valence-corrected chi connectivity index (χ0v) is 60.5. The van der Waals surface area contributed by atoms with E-state index < -0.39 is 0 Å². The molecule has 0 unspecified atom stereocenters. The van der Waals surface area contributed by atoms with Gasteiger partial charge in [-0.15, -0.1) is 0 Å². The van der Waals surface area contributed by atoms with Crippen molar-refractivity contribution in [1.82, 2.24) is 38.1 Å². The fourth-order valence-electron chi connectivity index (χ4n) is 19.5. The number of aromatic nitrogens is 8. The first-order chi connectivity index (χ1) is 56.5. The van der Waals surface area contributed by atoms with Crippen molar-refractivity contribution in [3.05, 3.63) is 328 Å². The molecule has 0 saturated carbocycles. The summed E-state index contributed by atoms with van der Waals surface area (Å²) in [5, 5.41) is 27.1. The van der Waals surface area contributed by atoms with Crippen LogP contribution in [-0.2, 0) is 0 Å². The number of pyridine rings is 1. The van der Waals surface area contributed by atoms with Crippen LogP contribution in [0.2, 0.25) is 0 Å². The van der Waals surface area contributed by atoms with Crippen molar-refractivity contribution in [3.63, 3.8) is 0 Å². The van der Waals surface area contributed by atoms with Gasteiger partial charge in [0.2, 0.25) is 0 Å². The van der Waals surface area contributed by atoms with Crippen LogP contribution in [0.4, 0.5) is 0 Å². The van der Waals surface area contributed by atoms with Crippen molar-refractivity contribution in [2.75, 3.05) is 0 Å². The number of benzene rings is 17. The lowest BCUT2D eigenvalue weighted by Gasteiger charge is -2.07. The molecular weight excluding hydrogens is 1400 g/mol. The third-order valence-electron chi connectivity index (χ3n) is 24.5. The summed E-state index contributed by atoms with van der Waals surface area (Å²) >= 11 is 0. The zero-order valence-electron chi connectivity index (χ0n) is 60.5. The summed E-state index contributed by atoms with van der Waals surface area (Å²) in [5.74, 6) is 0. The van der Waals surface area contributed by atoms with Crippen LogP contribution in [0.15, 0.2) is 341 Å². The Morgan fingerprint density at radius 2 is 0.605 bits per heavy atom. The first-order valence-electron chi connectivity index (χ1n) is 38.6. The summed E-state index contributed by atoms with van der Waals surface area (Å²) < 4.78 is 26.7. The Bertz CT molecular complexity index is 9290. The van der Waals surface area contributed by atoms with Gasteiger partial charge in [-0.3, -0.25) is 13.2 Å². The maximum Gasteiger partial charge on any atom is 0.165 e. The number of hydrogen-bond donors (Lipinski definition) is 0. The molecular formula is C103H54N8O3. The molecule has 0 aliphatic carbocycles. The molecule has 0 bridgehead atoms. The van der Waals surface area contributed by atoms with Crippen molar-refractivity contribution in [3.8, 4) is 22.3 Å². The molecule has 0 saturated heterocycles. The first-order valence-corrected chi connectivity index (χ1v) is 38.6. The van der Waals surface area contributed by atoms with E-state index in [0.717, 1.165) is 165 Å². The Hall–Kier alpha value is -15.6. The number of para-hydroxylation sites is 8. The standard InChI is InChI=1S/C37H20N2O.C36H19N3O.C30H15N3O/c1-2-7-22-18-23(13-12-21(22)6-1)24-14-17-33-30(19-24)29-16-15-28-26-9-5-10-27-31-20-25-8-3-4-11-32(25)38-37(31)39(34(26)27)35(28)36(29)40-33;1-2-9-22-20(7-1)8-5-10-23(22)21-15-18-31-28(19-21)26-17-16-25-24-11-6-12-27-32-36(38-30-14-4-3-13-29(30)37-32)39(33(24)27)34(25)35(26)40-31;1-2-8-17-16(7-1)15-21-26-30(32-23-11-5-4-10-22(23)31-26)33-27(21)25(17)20-14-13-19-18-9-3-6-12-24(18)34-29(19)28(20)33/h1-20H;1-19H;1-15H. The maximum absolute atomic E-state index is 6.68. The second-order valence-corrected chi connectivity index (χ2v) is 30.4. The number of nitrogens with zero attached hydrogens (tertiary/aromatic N) is 8. The minimum Gasteiger partial charge on any atom is -0.454 e. The molecule has 0 spiro atoms. The topological polar surface area (TPSA) is 117 Å². The second kappa shape index (κ2) is 22.1. The quantitative estimate of drug-likeness (QED) is 0.168. The van der Waals surface area contributed by atoms with Gasteiger partial charge in [0.05, 0.1) is 60.7 Å². The zero-order chi connectivity index (χ0) is 73.9. The van der Waals surface area contributed by atoms with Crippen molar-refractivity contribution in [1.29, 1.82) is 0 Å². The lowest BCUT2D eigenvalue weighted by Crippen LogP contribution is -1.89. The lowest BCUT2D eigenvalue weighted by molar-refractivity contribution is 0.671. The molecule has 29 rings (SSSR count). The minimum atomic E-state index is 0.865. The molecule has 0 atom stereocenters. The highest BCUT2D eigenvalue weighted by Crippen LogP contribution is 2.50. The van der Waals surface area contributed by atoms with Crippen LogP contribution < -0.4 is 0 Å². The highest BCUT2D eigenvalue weighted by molar-refractivity contribution is 6.35. The van der Waals surface area contributed by atoms with Crippen LogP contribution in [0, 0.1) is 0 Å². The van der Waals surface area contributed by atoms with Crippen LogP contribution >= 0.6 is 0 Å². The number of hydrogen-bond acceptors (Lipinski definition) is 8. The molecule has 0 radical (unpaired) electrons. The van der Waals surface area contributed by atoms with E-state index in [1.54, 1.807) is 0 Å². The second-order valence-electron chi connectivity index (χ2n) is 30.4. The summed E-state index contributed by atoms with van der Waals surface area (Å²) in [7, 11) is 0. The van der Waals surface area contributed by atoms with Gasteiger partial charge in [0.1, 0.15) is 33.4 Å².